The van der Waals surface area contributed by atoms with E-state index in [0.29, 0.717) is 36.9 Å². The molecule has 1 spiro atoms. The number of esters is 1. The number of benzene rings is 3. The van der Waals surface area contributed by atoms with Gasteiger partial charge >= 0.3 is 5.97 Å². The largest absolute Gasteiger partial charge is 0.455 e. The quantitative estimate of drug-likeness (QED) is 0.0771. The van der Waals surface area contributed by atoms with Gasteiger partial charge < -0.3 is 34.4 Å². The van der Waals surface area contributed by atoms with Gasteiger partial charge in [0.2, 0.25) is 11.8 Å². The van der Waals surface area contributed by atoms with Gasteiger partial charge in [0.25, 0.3) is 5.91 Å². The average Bonchev–Trinajstić information content (AvgIpc) is 3.78. The highest BCUT2D eigenvalue weighted by Crippen LogP contribution is 2.60. The van der Waals surface area contributed by atoms with E-state index < -0.39 is 47.7 Å². The predicted molar refractivity (Wildman–Crippen MR) is 209 cm³/mol. The maximum Gasteiger partial charge on any atom is 0.313 e. The number of halogens is 1. The van der Waals surface area contributed by atoms with Crippen molar-refractivity contribution in [1.82, 2.24) is 10.2 Å². The van der Waals surface area contributed by atoms with Crippen molar-refractivity contribution in [2.24, 2.45) is 11.8 Å². The van der Waals surface area contributed by atoms with Gasteiger partial charge in [-0.1, -0.05) is 88.7 Å². The SMILES string of the molecule is C=CCCC(=O)N[C@@H](COC)[C@@H](OC(=O)[C@H]1[C@@H]2O[C@@]3(CC2Br)[C@@H]1C(=O)N(CCCCO)[C@@H]3C(=O)N(CC=C)c1ccc2ccccc2c1)c1ccccc1. The normalized spacial score (nSPS) is 25.2. The molecule has 0 aliphatic carbocycles. The number of carbonyl (C=O) groups is 4. The van der Waals surface area contributed by atoms with Crippen molar-refractivity contribution in [3.8, 4) is 0 Å². The maximum atomic E-state index is 15.0. The molecule has 11 nitrogen and oxygen atoms in total. The molecule has 3 aliphatic heterocycles. The molecular weight excluding hydrogens is 754 g/mol. The lowest BCUT2D eigenvalue weighted by atomic mass is 9.70. The number of hydrogen-bond donors (Lipinski definition) is 2. The molecular formula is C42H48BrN3O8. The Bertz CT molecular complexity index is 1860. The number of aliphatic hydroxyl groups excluding tert-OH is 1. The van der Waals surface area contributed by atoms with E-state index in [1.165, 1.54) is 7.11 Å². The van der Waals surface area contributed by atoms with Crippen molar-refractivity contribution in [3.05, 3.63) is 104 Å². The topological polar surface area (TPSA) is 135 Å². The van der Waals surface area contributed by atoms with Crippen LogP contribution in [0.5, 0.6) is 0 Å². The summed E-state index contributed by atoms with van der Waals surface area (Å²) in [5.41, 5.74) is -0.0534. The van der Waals surface area contributed by atoms with Crippen molar-refractivity contribution < 1.29 is 38.5 Å². The molecule has 54 heavy (non-hydrogen) atoms. The van der Waals surface area contributed by atoms with E-state index in [-0.39, 0.29) is 55.3 Å². The number of methoxy groups -OCH3 is 1. The zero-order valence-electron chi connectivity index (χ0n) is 30.5. The molecule has 3 fully saturated rings. The van der Waals surface area contributed by atoms with Crippen LogP contribution in [0.1, 0.15) is 43.8 Å². The number of rotatable bonds is 18. The number of nitrogens with zero attached hydrogens (tertiary/aromatic N) is 2. The Kier molecular flexibility index (Phi) is 12.7. The summed E-state index contributed by atoms with van der Waals surface area (Å²) in [5.74, 6) is -3.68. The first kappa shape index (κ1) is 39.3. The van der Waals surface area contributed by atoms with Crippen LogP contribution in [0, 0.1) is 11.8 Å². The van der Waals surface area contributed by atoms with Crippen LogP contribution in [0.15, 0.2) is 98.1 Å². The molecule has 286 valence electrons. The van der Waals surface area contributed by atoms with E-state index in [1.54, 1.807) is 22.0 Å². The van der Waals surface area contributed by atoms with Gasteiger partial charge in [0.1, 0.15) is 17.7 Å². The molecule has 0 saturated carbocycles. The minimum Gasteiger partial charge on any atom is -0.455 e. The third-order valence-electron chi connectivity index (χ3n) is 10.7. The van der Waals surface area contributed by atoms with E-state index in [1.807, 2.05) is 72.8 Å². The summed E-state index contributed by atoms with van der Waals surface area (Å²) in [5, 5.41) is 14.6. The number of nitrogens with one attached hydrogen (secondary N) is 1. The van der Waals surface area contributed by atoms with Gasteiger partial charge in [0.15, 0.2) is 0 Å². The number of hydrogen-bond acceptors (Lipinski definition) is 8. The molecule has 6 rings (SSSR count). The van der Waals surface area contributed by atoms with Crippen LogP contribution in [-0.4, -0.2) is 95.7 Å². The molecule has 3 aromatic rings. The zero-order valence-corrected chi connectivity index (χ0v) is 32.1. The van der Waals surface area contributed by atoms with Crippen molar-refractivity contribution in [1.29, 1.82) is 0 Å². The molecule has 1 unspecified atom stereocenters. The second-order valence-electron chi connectivity index (χ2n) is 14.1. The van der Waals surface area contributed by atoms with Crippen molar-refractivity contribution >= 4 is 56.1 Å². The number of likely N-dealkylation sites (tertiary alicyclic amines) is 1. The molecule has 12 heteroatoms. The molecule has 3 aliphatic rings. The number of aliphatic hydroxyl groups is 1. The Morgan fingerprint density at radius 2 is 1.81 bits per heavy atom. The summed E-state index contributed by atoms with van der Waals surface area (Å²) in [6.07, 6.45) is 3.45. The lowest BCUT2D eigenvalue weighted by Crippen LogP contribution is -2.57. The van der Waals surface area contributed by atoms with Crippen molar-refractivity contribution in [2.75, 3.05) is 38.3 Å². The predicted octanol–water partition coefficient (Wildman–Crippen LogP) is 5.26. The molecule has 0 radical (unpaired) electrons. The third-order valence-corrected chi connectivity index (χ3v) is 11.6. The number of alkyl halides is 1. The Morgan fingerprint density at radius 1 is 1.07 bits per heavy atom. The number of carbonyl (C=O) groups excluding carboxylic acids is 4. The maximum absolute atomic E-state index is 15.0. The fourth-order valence-electron chi connectivity index (χ4n) is 8.38. The van der Waals surface area contributed by atoms with E-state index in [0.717, 1.165) is 10.8 Å². The number of allylic oxidation sites excluding steroid dienone is 1. The number of unbranched alkanes of at least 4 members (excludes halogenated alkanes) is 1. The van der Waals surface area contributed by atoms with Crippen LogP contribution < -0.4 is 10.2 Å². The summed E-state index contributed by atoms with van der Waals surface area (Å²) in [6, 6.07) is 20.9. The molecule has 2 bridgehead atoms. The highest BCUT2D eigenvalue weighted by atomic mass is 79.9. The number of anilines is 1. The Balaban J connectivity index is 1.36. The fourth-order valence-corrected chi connectivity index (χ4v) is 9.32. The van der Waals surface area contributed by atoms with Crippen LogP contribution in [0.2, 0.25) is 0 Å². The summed E-state index contributed by atoms with van der Waals surface area (Å²) < 4.78 is 18.6. The number of fused-ring (bicyclic) bond motifs is 2. The van der Waals surface area contributed by atoms with Crippen molar-refractivity contribution in [2.45, 2.75) is 66.8 Å². The lowest BCUT2D eigenvalue weighted by molar-refractivity contribution is -0.163. The van der Waals surface area contributed by atoms with Gasteiger partial charge in [-0.2, -0.15) is 0 Å². The van der Waals surface area contributed by atoms with Crippen LogP contribution in [0.25, 0.3) is 10.8 Å². The van der Waals surface area contributed by atoms with Gasteiger partial charge in [0.05, 0.1) is 30.6 Å². The molecule has 8 atom stereocenters. The van der Waals surface area contributed by atoms with Crippen LogP contribution in [-0.2, 0) is 33.4 Å². The fraction of sp³-hybridized carbons (Fsp3) is 0.429. The van der Waals surface area contributed by atoms with E-state index in [9.17, 15) is 19.5 Å². The molecule has 3 saturated heterocycles. The summed E-state index contributed by atoms with van der Waals surface area (Å²) >= 11 is 3.76. The Morgan fingerprint density at radius 3 is 2.52 bits per heavy atom. The molecule has 3 heterocycles. The summed E-state index contributed by atoms with van der Waals surface area (Å²) in [6.45, 7) is 7.97. The lowest BCUT2D eigenvalue weighted by Gasteiger charge is -2.37. The van der Waals surface area contributed by atoms with E-state index >= 15 is 4.79 Å². The van der Waals surface area contributed by atoms with Gasteiger partial charge in [-0.3, -0.25) is 19.2 Å². The minimum atomic E-state index is -1.33. The highest BCUT2D eigenvalue weighted by Gasteiger charge is 2.77. The summed E-state index contributed by atoms with van der Waals surface area (Å²) in [4.78, 5) is 60.1. The van der Waals surface area contributed by atoms with Gasteiger partial charge in [-0.05, 0) is 54.2 Å². The molecule has 3 amide bonds. The molecule has 3 aromatic carbocycles. The van der Waals surface area contributed by atoms with Crippen LogP contribution in [0.3, 0.4) is 0 Å². The first-order valence-electron chi connectivity index (χ1n) is 18.5. The monoisotopic (exact) mass is 801 g/mol. The minimum absolute atomic E-state index is 0.0494. The zero-order chi connectivity index (χ0) is 38.4. The molecule has 2 N–H and O–H groups in total. The van der Waals surface area contributed by atoms with Crippen molar-refractivity contribution in [3.63, 3.8) is 0 Å². The average molecular weight is 803 g/mol. The third kappa shape index (κ3) is 7.62. The van der Waals surface area contributed by atoms with Gasteiger partial charge in [0, 0.05) is 43.7 Å². The standard InChI is InChI=1S/C42H48BrN3O8/c1-4-6-18-33(48)44-32(26-52-3)36(28-15-8-7-9-16-28)53-41(51)34-35-39(49)46(22-12-13-23-47)38(42(35)25-31(43)37(34)54-42)40(50)45(21-5-2)30-20-19-27-14-10-11-17-29(27)24-30/h4-5,7-11,14-17,19-20,24,31-32,34-38,47H,1-2,6,12-13,18,21-23,25-26H2,3H3,(H,44,48)/t31?,32-,34+,35-,36-,37+,38+,42-/m0/s1. The van der Waals surface area contributed by atoms with Gasteiger partial charge in [-0.25, -0.2) is 0 Å². The Hall–Kier alpha value is -4.36. The first-order chi connectivity index (χ1) is 26.2. The first-order valence-corrected chi connectivity index (χ1v) is 19.4. The summed E-state index contributed by atoms with van der Waals surface area (Å²) in [7, 11) is 1.50. The van der Waals surface area contributed by atoms with Crippen LogP contribution >= 0.6 is 15.9 Å². The van der Waals surface area contributed by atoms with E-state index in [2.05, 4.69) is 34.4 Å². The highest BCUT2D eigenvalue weighted by molar-refractivity contribution is 9.09. The van der Waals surface area contributed by atoms with Crippen LogP contribution in [0.4, 0.5) is 5.69 Å². The second-order valence-corrected chi connectivity index (χ2v) is 15.3. The van der Waals surface area contributed by atoms with Gasteiger partial charge in [-0.15, -0.1) is 13.2 Å². The second kappa shape index (κ2) is 17.4. The number of amides is 3. The van der Waals surface area contributed by atoms with E-state index in [4.69, 9.17) is 14.2 Å². The smallest absolute Gasteiger partial charge is 0.313 e. The molecule has 0 aromatic heterocycles. The Labute approximate surface area is 324 Å². The number of ether oxygens (including phenoxy) is 3.